The zero-order chi connectivity index (χ0) is 18.4. The monoisotopic (exact) mass is 378 g/mol. The Morgan fingerprint density at radius 2 is 1.96 bits per heavy atom. The first-order valence-corrected chi connectivity index (χ1v) is 9.91. The highest BCUT2D eigenvalue weighted by Crippen LogP contribution is 2.18. The molecule has 0 saturated carbocycles. The number of carbonyl (C=O) groups is 1. The maximum absolute atomic E-state index is 12.3. The van der Waals surface area contributed by atoms with Crippen molar-refractivity contribution in [3.8, 4) is 6.07 Å². The zero-order valence-electron chi connectivity index (χ0n) is 13.8. The number of nitrogens with zero attached hydrogens (tertiary/aromatic N) is 1. The van der Waals surface area contributed by atoms with Crippen LogP contribution < -0.4 is 4.72 Å². The van der Waals surface area contributed by atoms with Gasteiger partial charge in [0.1, 0.15) is 16.9 Å². The lowest BCUT2D eigenvalue weighted by Gasteiger charge is -2.20. The standard InChI is InChI=1S/C17H18N2O4S2/c1-12(2)16(19-25(21,22)15-4-3-9-24-15)17(20)23-11-14-7-5-13(10-18)6-8-14/h3-9,12,16,19H,11H2,1-2H3/t16-/m0/s1. The van der Waals surface area contributed by atoms with Crippen LogP contribution in [0.15, 0.2) is 46.0 Å². The van der Waals surface area contributed by atoms with Crippen LogP contribution in [0.2, 0.25) is 0 Å². The summed E-state index contributed by atoms with van der Waals surface area (Å²) in [4.78, 5) is 12.3. The number of nitrogens with one attached hydrogen (secondary N) is 1. The lowest BCUT2D eigenvalue weighted by atomic mass is 10.1. The van der Waals surface area contributed by atoms with Crippen molar-refractivity contribution >= 4 is 27.3 Å². The van der Waals surface area contributed by atoms with Crippen molar-refractivity contribution in [1.29, 1.82) is 5.26 Å². The fraction of sp³-hybridized carbons (Fsp3) is 0.294. The van der Waals surface area contributed by atoms with E-state index in [4.69, 9.17) is 10.00 Å². The molecule has 25 heavy (non-hydrogen) atoms. The van der Waals surface area contributed by atoms with Crippen LogP contribution in [-0.4, -0.2) is 20.4 Å². The number of esters is 1. The van der Waals surface area contributed by atoms with Gasteiger partial charge in [0.15, 0.2) is 0 Å². The van der Waals surface area contributed by atoms with Gasteiger partial charge in [-0.25, -0.2) is 8.42 Å². The largest absolute Gasteiger partial charge is 0.460 e. The van der Waals surface area contributed by atoms with Crippen LogP contribution in [0.4, 0.5) is 0 Å². The summed E-state index contributed by atoms with van der Waals surface area (Å²) in [6, 6.07) is 10.8. The van der Waals surface area contributed by atoms with E-state index in [0.717, 1.165) is 16.9 Å². The molecule has 2 aromatic rings. The molecular weight excluding hydrogens is 360 g/mol. The van der Waals surface area contributed by atoms with Gasteiger partial charge in [0.25, 0.3) is 10.0 Å². The first-order valence-electron chi connectivity index (χ1n) is 7.55. The minimum atomic E-state index is -3.77. The Bertz CT molecular complexity index is 851. The molecule has 0 radical (unpaired) electrons. The highest BCUT2D eigenvalue weighted by molar-refractivity contribution is 7.91. The second-order valence-electron chi connectivity index (χ2n) is 5.69. The molecule has 132 valence electrons. The predicted octanol–water partition coefficient (Wildman–Crippen LogP) is 2.67. The number of ether oxygens (including phenoxy) is 1. The minimum Gasteiger partial charge on any atom is -0.460 e. The number of sulfonamides is 1. The third kappa shape index (κ3) is 5.13. The molecule has 1 aromatic carbocycles. The van der Waals surface area contributed by atoms with E-state index in [9.17, 15) is 13.2 Å². The van der Waals surface area contributed by atoms with E-state index in [0.29, 0.717) is 5.56 Å². The Morgan fingerprint density at radius 3 is 2.48 bits per heavy atom. The zero-order valence-corrected chi connectivity index (χ0v) is 15.4. The Morgan fingerprint density at radius 1 is 1.28 bits per heavy atom. The van der Waals surface area contributed by atoms with E-state index in [2.05, 4.69) is 4.72 Å². The molecule has 0 aliphatic heterocycles. The summed E-state index contributed by atoms with van der Waals surface area (Å²) in [5.74, 6) is -0.914. The van der Waals surface area contributed by atoms with Crippen molar-refractivity contribution in [3.63, 3.8) is 0 Å². The van der Waals surface area contributed by atoms with Crippen molar-refractivity contribution in [2.24, 2.45) is 5.92 Å². The fourth-order valence-corrected chi connectivity index (χ4v) is 4.36. The number of hydrogen-bond acceptors (Lipinski definition) is 6. The van der Waals surface area contributed by atoms with Gasteiger partial charge in [0.2, 0.25) is 0 Å². The normalized spacial score (nSPS) is 12.6. The molecule has 1 heterocycles. The summed E-state index contributed by atoms with van der Waals surface area (Å²) in [5.41, 5.74) is 1.23. The Kier molecular flexibility index (Phi) is 6.31. The SMILES string of the molecule is CC(C)[C@H](NS(=O)(=O)c1cccs1)C(=O)OCc1ccc(C#N)cc1. The van der Waals surface area contributed by atoms with Gasteiger partial charge in [-0.2, -0.15) is 9.98 Å². The van der Waals surface area contributed by atoms with Gasteiger partial charge in [-0.15, -0.1) is 11.3 Å². The van der Waals surface area contributed by atoms with Crippen LogP contribution in [0.25, 0.3) is 0 Å². The first-order chi connectivity index (χ1) is 11.8. The van der Waals surface area contributed by atoms with Crippen LogP contribution in [0, 0.1) is 17.2 Å². The Hall–Kier alpha value is -2.21. The molecule has 0 fully saturated rings. The topological polar surface area (TPSA) is 96.3 Å². The molecule has 2 rings (SSSR count). The average Bonchev–Trinajstić information content (AvgIpc) is 3.13. The third-order valence-corrected chi connectivity index (χ3v) is 6.27. The summed E-state index contributed by atoms with van der Waals surface area (Å²) >= 11 is 1.08. The highest BCUT2D eigenvalue weighted by atomic mass is 32.2. The van der Waals surface area contributed by atoms with Gasteiger partial charge in [0, 0.05) is 0 Å². The summed E-state index contributed by atoms with van der Waals surface area (Å²) in [7, 11) is -3.77. The first kappa shape index (κ1) is 19.1. The van der Waals surface area contributed by atoms with Crippen LogP contribution in [0.5, 0.6) is 0 Å². The van der Waals surface area contributed by atoms with Crippen LogP contribution in [0.3, 0.4) is 0 Å². The molecule has 0 aliphatic carbocycles. The molecule has 0 unspecified atom stereocenters. The number of rotatable bonds is 7. The number of carbonyl (C=O) groups excluding carboxylic acids is 1. The number of hydrogen-bond donors (Lipinski definition) is 1. The van der Waals surface area contributed by atoms with Crippen molar-refractivity contribution in [2.75, 3.05) is 0 Å². The lowest BCUT2D eigenvalue weighted by Crippen LogP contribution is -2.45. The molecule has 0 aliphatic rings. The summed E-state index contributed by atoms with van der Waals surface area (Å²) in [6.45, 7) is 3.49. The van der Waals surface area contributed by atoms with Crippen LogP contribution in [0.1, 0.15) is 25.0 Å². The van der Waals surface area contributed by atoms with E-state index < -0.39 is 22.0 Å². The Labute approximate surface area is 151 Å². The van der Waals surface area contributed by atoms with E-state index >= 15 is 0 Å². The second-order valence-corrected chi connectivity index (χ2v) is 8.58. The number of benzene rings is 1. The smallest absolute Gasteiger partial charge is 0.324 e. The van der Waals surface area contributed by atoms with Gasteiger partial charge in [0.05, 0.1) is 11.6 Å². The number of nitriles is 1. The third-order valence-electron chi connectivity index (χ3n) is 3.43. The van der Waals surface area contributed by atoms with Crippen LogP contribution >= 0.6 is 11.3 Å². The molecule has 0 amide bonds. The molecule has 1 aromatic heterocycles. The quantitative estimate of drug-likeness (QED) is 0.747. The van der Waals surface area contributed by atoms with Crippen molar-refractivity contribution < 1.29 is 17.9 Å². The molecule has 8 heteroatoms. The highest BCUT2D eigenvalue weighted by Gasteiger charge is 2.30. The minimum absolute atomic E-state index is 0.00842. The maximum atomic E-state index is 12.3. The van der Waals surface area contributed by atoms with Gasteiger partial charge in [-0.3, -0.25) is 4.79 Å². The molecule has 1 atom stereocenters. The van der Waals surface area contributed by atoms with E-state index in [1.165, 1.54) is 6.07 Å². The molecule has 6 nitrogen and oxygen atoms in total. The predicted molar refractivity (Wildman–Crippen MR) is 94.2 cm³/mol. The van der Waals surface area contributed by atoms with Gasteiger partial charge < -0.3 is 4.74 Å². The van der Waals surface area contributed by atoms with Crippen LogP contribution in [-0.2, 0) is 26.2 Å². The fourth-order valence-electron chi connectivity index (χ4n) is 2.02. The molecule has 0 spiro atoms. The van der Waals surface area contributed by atoms with Crippen molar-refractivity contribution in [1.82, 2.24) is 4.72 Å². The van der Waals surface area contributed by atoms with Gasteiger partial charge in [-0.1, -0.05) is 32.0 Å². The van der Waals surface area contributed by atoms with Crippen molar-refractivity contribution in [2.45, 2.75) is 30.7 Å². The summed E-state index contributed by atoms with van der Waals surface area (Å²) < 4.78 is 32.4. The van der Waals surface area contributed by atoms with E-state index in [-0.39, 0.29) is 16.7 Å². The van der Waals surface area contributed by atoms with Crippen molar-refractivity contribution in [3.05, 3.63) is 52.9 Å². The summed E-state index contributed by atoms with van der Waals surface area (Å²) in [5, 5.41) is 10.4. The maximum Gasteiger partial charge on any atom is 0.324 e. The van der Waals surface area contributed by atoms with E-state index in [1.807, 2.05) is 6.07 Å². The second kappa shape index (κ2) is 8.25. The summed E-state index contributed by atoms with van der Waals surface area (Å²) in [6.07, 6.45) is 0. The lowest BCUT2D eigenvalue weighted by molar-refractivity contribution is -0.148. The van der Waals surface area contributed by atoms with Gasteiger partial charge in [-0.05, 0) is 35.1 Å². The molecule has 0 saturated heterocycles. The molecular formula is C17H18N2O4S2. The van der Waals surface area contributed by atoms with E-state index in [1.54, 1.807) is 49.6 Å². The average molecular weight is 378 g/mol. The van der Waals surface area contributed by atoms with Gasteiger partial charge >= 0.3 is 5.97 Å². The molecule has 1 N–H and O–H groups in total. The molecule has 0 bridgehead atoms. The number of thiophene rings is 1. The Balaban J connectivity index is 2.04.